The van der Waals surface area contributed by atoms with E-state index in [2.05, 4.69) is 36.8 Å². The third kappa shape index (κ3) is 4.14. The van der Waals surface area contributed by atoms with Gasteiger partial charge in [0, 0.05) is 10.2 Å². The summed E-state index contributed by atoms with van der Waals surface area (Å²) >= 11 is 10.6. The lowest BCUT2D eigenvalue weighted by Crippen LogP contribution is -2.35. The second-order valence-corrected chi connectivity index (χ2v) is 6.92. The first-order valence-electron chi connectivity index (χ1n) is 6.90. The standard InChI is InChI=1S/C15H11BrClN5OS/c16-12-7-6-10(8-13(12)17)18-14(23)9-24-15-19-20-21-22(15)11-4-2-1-3-5-11/h1-8H,9H2,(H,18,23)/p+1. The first-order valence-corrected chi connectivity index (χ1v) is 9.05. The second-order valence-electron chi connectivity index (χ2n) is 4.72. The molecule has 0 radical (unpaired) electrons. The number of aromatic amines is 1. The molecule has 1 amide bonds. The van der Waals surface area contributed by atoms with Crippen LogP contribution in [0.2, 0.25) is 5.02 Å². The van der Waals surface area contributed by atoms with E-state index in [1.165, 1.54) is 11.8 Å². The maximum Gasteiger partial charge on any atom is 0.365 e. The number of hydrogen-bond acceptors (Lipinski definition) is 4. The van der Waals surface area contributed by atoms with Gasteiger partial charge in [-0.3, -0.25) is 4.79 Å². The molecule has 122 valence electrons. The van der Waals surface area contributed by atoms with Crippen LogP contribution in [0.4, 0.5) is 5.69 Å². The van der Waals surface area contributed by atoms with Crippen molar-refractivity contribution in [2.75, 3.05) is 11.1 Å². The second kappa shape index (κ2) is 7.78. The number of thioether (sulfide) groups is 1. The fraction of sp³-hybridized carbons (Fsp3) is 0.0667. The maximum atomic E-state index is 12.1. The summed E-state index contributed by atoms with van der Waals surface area (Å²) in [6.45, 7) is 0. The highest BCUT2D eigenvalue weighted by molar-refractivity contribution is 9.10. The molecule has 3 rings (SSSR count). The van der Waals surface area contributed by atoms with Crippen LogP contribution >= 0.6 is 39.3 Å². The SMILES string of the molecule is O=C(CSc1nn[nH][n+]1-c1ccccc1)Nc1ccc(Br)c(Cl)c1. The van der Waals surface area contributed by atoms with Crippen molar-refractivity contribution in [3.8, 4) is 5.69 Å². The Morgan fingerprint density at radius 1 is 1.29 bits per heavy atom. The van der Waals surface area contributed by atoms with Crippen molar-refractivity contribution in [1.29, 1.82) is 0 Å². The summed E-state index contributed by atoms with van der Waals surface area (Å²) in [5.41, 5.74) is 1.54. The number of halogens is 2. The van der Waals surface area contributed by atoms with Crippen molar-refractivity contribution in [2.45, 2.75) is 5.16 Å². The molecule has 0 unspecified atom stereocenters. The summed E-state index contributed by atoms with van der Waals surface area (Å²) in [7, 11) is 0. The molecule has 2 N–H and O–H groups in total. The van der Waals surface area contributed by atoms with E-state index < -0.39 is 0 Å². The molecule has 0 bridgehead atoms. The number of para-hydroxylation sites is 1. The van der Waals surface area contributed by atoms with Gasteiger partial charge in [0.2, 0.25) is 5.91 Å². The fourth-order valence-corrected chi connectivity index (χ4v) is 3.07. The molecule has 0 atom stereocenters. The van der Waals surface area contributed by atoms with E-state index in [1.54, 1.807) is 22.9 Å². The number of carbonyl (C=O) groups is 1. The molecule has 6 nitrogen and oxygen atoms in total. The Bertz CT molecular complexity index is 858. The summed E-state index contributed by atoms with van der Waals surface area (Å²) in [4.78, 5) is 12.1. The van der Waals surface area contributed by atoms with Crippen LogP contribution in [0.15, 0.2) is 58.2 Å². The normalized spacial score (nSPS) is 10.6. The number of hydrogen-bond donors (Lipinski definition) is 2. The first-order chi connectivity index (χ1) is 11.6. The van der Waals surface area contributed by atoms with Crippen LogP contribution in [0.5, 0.6) is 0 Å². The van der Waals surface area contributed by atoms with Crippen LogP contribution in [0, 0.1) is 0 Å². The number of benzene rings is 2. The van der Waals surface area contributed by atoms with E-state index in [4.69, 9.17) is 11.6 Å². The Morgan fingerprint density at radius 3 is 2.83 bits per heavy atom. The predicted molar refractivity (Wildman–Crippen MR) is 96.4 cm³/mol. The number of aromatic nitrogens is 4. The van der Waals surface area contributed by atoms with E-state index in [0.717, 1.165) is 10.2 Å². The van der Waals surface area contributed by atoms with Gasteiger partial charge in [-0.25, -0.2) is 0 Å². The Balaban J connectivity index is 1.63. The van der Waals surface area contributed by atoms with Gasteiger partial charge >= 0.3 is 5.16 Å². The minimum Gasteiger partial charge on any atom is -0.325 e. The molecular formula is C15H12BrClN5OS+. The zero-order chi connectivity index (χ0) is 16.9. The molecule has 2 aromatic carbocycles. The minimum absolute atomic E-state index is 0.152. The number of rotatable bonds is 5. The Kier molecular flexibility index (Phi) is 5.49. The lowest BCUT2D eigenvalue weighted by Gasteiger charge is -2.05. The number of tetrazole rings is 1. The van der Waals surface area contributed by atoms with Crippen LogP contribution in [-0.4, -0.2) is 27.2 Å². The lowest BCUT2D eigenvalue weighted by atomic mass is 10.3. The van der Waals surface area contributed by atoms with Crippen LogP contribution in [0.3, 0.4) is 0 Å². The lowest BCUT2D eigenvalue weighted by molar-refractivity contribution is -0.697. The largest absolute Gasteiger partial charge is 0.365 e. The molecule has 0 saturated carbocycles. The molecule has 1 heterocycles. The van der Waals surface area contributed by atoms with Gasteiger partial charge in [0.25, 0.3) is 0 Å². The van der Waals surface area contributed by atoms with Crippen molar-refractivity contribution in [1.82, 2.24) is 15.5 Å². The van der Waals surface area contributed by atoms with Crippen LogP contribution in [0.25, 0.3) is 5.69 Å². The molecule has 24 heavy (non-hydrogen) atoms. The number of H-pyrrole nitrogens is 1. The van der Waals surface area contributed by atoms with Gasteiger partial charge < -0.3 is 5.32 Å². The monoisotopic (exact) mass is 424 g/mol. The van der Waals surface area contributed by atoms with Crippen molar-refractivity contribution < 1.29 is 9.48 Å². The zero-order valence-electron chi connectivity index (χ0n) is 12.2. The number of nitrogens with one attached hydrogen (secondary N) is 2. The predicted octanol–water partition coefficient (Wildman–Crippen LogP) is 3.23. The third-order valence-electron chi connectivity index (χ3n) is 3.02. The van der Waals surface area contributed by atoms with Crippen molar-refractivity contribution in [2.24, 2.45) is 0 Å². The van der Waals surface area contributed by atoms with Crippen molar-refractivity contribution in [3.63, 3.8) is 0 Å². The molecule has 1 aromatic heterocycles. The van der Waals surface area contributed by atoms with E-state index in [0.29, 0.717) is 15.9 Å². The Labute approximate surface area is 155 Å². The molecule has 0 aliphatic rings. The highest BCUT2D eigenvalue weighted by Crippen LogP contribution is 2.25. The fourth-order valence-electron chi connectivity index (χ4n) is 1.94. The van der Waals surface area contributed by atoms with Crippen LogP contribution in [-0.2, 0) is 4.79 Å². The summed E-state index contributed by atoms with van der Waals surface area (Å²) in [6.07, 6.45) is 0. The summed E-state index contributed by atoms with van der Waals surface area (Å²) in [5, 5.41) is 14.5. The Hall–Kier alpha value is -1.90. The van der Waals surface area contributed by atoms with E-state index in [9.17, 15) is 4.79 Å². The highest BCUT2D eigenvalue weighted by atomic mass is 79.9. The maximum absolute atomic E-state index is 12.1. The van der Waals surface area contributed by atoms with Crippen molar-refractivity contribution in [3.05, 3.63) is 58.0 Å². The van der Waals surface area contributed by atoms with Gasteiger partial charge in [-0.05, 0) is 58.0 Å². The molecule has 0 fully saturated rings. The summed E-state index contributed by atoms with van der Waals surface area (Å²) < 4.78 is 2.50. The average Bonchev–Trinajstić information content (AvgIpc) is 3.06. The molecule has 0 saturated heterocycles. The highest BCUT2D eigenvalue weighted by Gasteiger charge is 2.18. The molecule has 0 aliphatic heterocycles. The topological polar surface area (TPSA) is 74.5 Å². The number of carbonyl (C=O) groups excluding carboxylic acids is 1. The van der Waals surface area contributed by atoms with E-state index in [1.807, 2.05) is 30.3 Å². The van der Waals surface area contributed by atoms with Gasteiger partial charge in [0.1, 0.15) is 10.8 Å². The smallest absolute Gasteiger partial charge is 0.325 e. The van der Waals surface area contributed by atoms with Gasteiger partial charge in [-0.2, -0.15) is 0 Å². The van der Waals surface area contributed by atoms with Crippen LogP contribution < -0.4 is 10.00 Å². The van der Waals surface area contributed by atoms with Gasteiger partial charge in [0.15, 0.2) is 5.21 Å². The summed E-state index contributed by atoms with van der Waals surface area (Å²) in [6, 6.07) is 14.9. The van der Waals surface area contributed by atoms with E-state index in [-0.39, 0.29) is 11.7 Å². The quantitative estimate of drug-likeness (QED) is 0.486. The van der Waals surface area contributed by atoms with Gasteiger partial charge in [-0.15, -0.1) is 4.68 Å². The average molecular weight is 426 g/mol. The minimum atomic E-state index is -0.152. The third-order valence-corrected chi connectivity index (χ3v) is 5.18. The van der Waals surface area contributed by atoms with Crippen LogP contribution in [0.1, 0.15) is 0 Å². The number of anilines is 1. The van der Waals surface area contributed by atoms with Gasteiger partial charge in [0.05, 0.1) is 10.8 Å². The molecule has 0 spiro atoms. The Morgan fingerprint density at radius 2 is 2.08 bits per heavy atom. The van der Waals surface area contributed by atoms with E-state index >= 15 is 0 Å². The zero-order valence-corrected chi connectivity index (χ0v) is 15.4. The molecule has 0 aliphatic carbocycles. The van der Waals surface area contributed by atoms with Gasteiger partial charge in [-0.1, -0.05) is 35.0 Å². The number of nitrogens with zero attached hydrogens (tertiary/aromatic N) is 3. The van der Waals surface area contributed by atoms with Crippen molar-refractivity contribution >= 4 is 50.9 Å². The summed E-state index contributed by atoms with van der Waals surface area (Å²) in [5.74, 6) is 0.0496. The molecule has 3 aromatic rings. The first kappa shape index (κ1) is 16.9. The molecule has 9 heteroatoms. The molecular weight excluding hydrogens is 414 g/mol. The number of amides is 1.